The second-order valence-corrected chi connectivity index (χ2v) is 3.27. The van der Waals surface area contributed by atoms with E-state index >= 15 is 0 Å². The summed E-state index contributed by atoms with van der Waals surface area (Å²) in [6.07, 6.45) is 1.80. The molecule has 0 fully saturated rings. The maximum absolute atomic E-state index is 9.99. The van der Waals surface area contributed by atoms with Gasteiger partial charge in [-0.15, -0.1) is 25.2 Å². The van der Waals surface area contributed by atoms with Crippen LogP contribution < -0.4 is 51.4 Å². The van der Waals surface area contributed by atoms with Crippen molar-refractivity contribution in [3.63, 3.8) is 0 Å². The topological polar surface area (TPSA) is 20.3 Å². The summed E-state index contributed by atoms with van der Waals surface area (Å²) < 4.78 is 0. The summed E-state index contributed by atoms with van der Waals surface area (Å²) >= 11 is 0. The van der Waals surface area contributed by atoms with Gasteiger partial charge in [0.25, 0.3) is 0 Å². The van der Waals surface area contributed by atoms with Crippen molar-refractivity contribution in [2.75, 3.05) is 20.1 Å². The average Bonchev–Trinajstić information content (AvgIpc) is 2.41. The largest absolute Gasteiger partial charge is 1.00 e. The molecular weight excluding hydrogens is 249 g/mol. The Labute approximate surface area is 156 Å². The first kappa shape index (κ1) is 23.6. The van der Waals surface area contributed by atoms with Crippen molar-refractivity contribution < 1.29 is 56.2 Å². The van der Waals surface area contributed by atoms with Crippen LogP contribution in [0.1, 0.15) is 25.0 Å². The van der Waals surface area contributed by atoms with Crippen molar-refractivity contribution in [3.8, 4) is 0 Å². The van der Waals surface area contributed by atoms with Crippen LogP contribution in [0.15, 0.2) is 24.3 Å². The molecule has 18 heavy (non-hydrogen) atoms. The third-order valence-corrected chi connectivity index (χ3v) is 1.93. The first-order chi connectivity index (χ1) is 8.13. The van der Waals surface area contributed by atoms with Crippen molar-refractivity contribution >= 4 is 6.29 Å². The van der Waals surface area contributed by atoms with E-state index in [1.165, 1.54) is 0 Å². The van der Waals surface area contributed by atoms with Gasteiger partial charge in [0.05, 0.1) is 6.29 Å². The van der Waals surface area contributed by atoms with Crippen LogP contribution in [-0.4, -0.2) is 31.3 Å². The Balaban J connectivity index is -0.000000222. The molecule has 0 atom stereocenters. The van der Waals surface area contributed by atoms with Gasteiger partial charge < -0.3 is 23.5 Å². The van der Waals surface area contributed by atoms with Crippen LogP contribution >= 0.6 is 0 Å². The minimum atomic E-state index is 0. The van der Waals surface area contributed by atoms with Gasteiger partial charge in [0.2, 0.25) is 0 Å². The molecule has 0 saturated heterocycles. The molecule has 1 rings (SSSR count). The van der Waals surface area contributed by atoms with E-state index in [9.17, 15) is 4.79 Å². The number of hydrogen-bond donors (Lipinski definition) is 0. The van der Waals surface area contributed by atoms with Gasteiger partial charge in [-0.05, 0) is 14.0 Å². The summed E-state index contributed by atoms with van der Waals surface area (Å²) in [7, 11) is 1.99. The summed E-state index contributed by atoms with van der Waals surface area (Å²) in [5.74, 6) is 0. The molecule has 3 heteroatoms. The Bertz CT molecular complexity index is 268. The van der Waals surface area contributed by atoms with E-state index in [1.807, 2.05) is 44.9 Å². The number of aryl methyl sites for hydroxylation is 1. The molecule has 0 heterocycles. The zero-order valence-electron chi connectivity index (χ0n) is 12.5. The molecule has 0 spiro atoms. The molecule has 1 aromatic rings. The van der Waals surface area contributed by atoms with Gasteiger partial charge in [0, 0.05) is 0 Å². The zero-order chi connectivity index (χ0) is 13.7. The maximum Gasteiger partial charge on any atom is 1.00 e. The fourth-order valence-electron chi connectivity index (χ4n) is 0.733. The van der Waals surface area contributed by atoms with Gasteiger partial charge in [0.15, 0.2) is 0 Å². The molecular formula is C15H24KNO-2. The van der Waals surface area contributed by atoms with Crippen molar-refractivity contribution in [2.45, 2.75) is 20.8 Å². The number of benzene rings is 1. The molecule has 0 radical (unpaired) electrons. The molecule has 0 aliphatic rings. The van der Waals surface area contributed by atoms with E-state index in [-0.39, 0.29) is 51.4 Å². The van der Waals surface area contributed by atoms with Gasteiger partial charge >= 0.3 is 51.4 Å². The monoisotopic (exact) mass is 273 g/mol. The summed E-state index contributed by atoms with van der Waals surface area (Å²) in [5, 5.41) is 0. The van der Waals surface area contributed by atoms with Gasteiger partial charge in [-0.25, -0.2) is 0 Å². The predicted molar refractivity (Wildman–Crippen MR) is 75.5 cm³/mol. The first-order valence-electron chi connectivity index (χ1n) is 5.86. The molecule has 0 aliphatic carbocycles. The van der Waals surface area contributed by atoms with Crippen LogP contribution in [0.25, 0.3) is 0 Å². The quantitative estimate of drug-likeness (QED) is 0.574. The van der Waals surface area contributed by atoms with Crippen molar-refractivity contribution in [3.05, 3.63) is 49.2 Å². The SMILES string of the molecule is CC.Cc1ccc([C-]=O)cc1.[CH2-]CN(C)C[CH2-].[K+]. The van der Waals surface area contributed by atoms with Gasteiger partial charge in [0.1, 0.15) is 0 Å². The van der Waals surface area contributed by atoms with E-state index in [0.29, 0.717) is 5.56 Å². The standard InChI is InChI=1S/C8H7O.C5H11N.C2H6.K/c1-7-2-4-8(6-9)5-3-7;1-4-6(3)5-2;1-2;/h2-5H,1H3;1-2,4-5H2,3H3;1-2H3;/q-1;-2;;+1. The molecule has 0 unspecified atom stereocenters. The second-order valence-electron chi connectivity index (χ2n) is 3.27. The molecule has 98 valence electrons. The van der Waals surface area contributed by atoms with Crippen molar-refractivity contribution in [2.24, 2.45) is 0 Å². The van der Waals surface area contributed by atoms with E-state index in [2.05, 4.69) is 13.8 Å². The van der Waals surface area contributed by atoms with Crippen LogP contribution in [0.2, 0.25) is 0 Å². The average molecular weight is 273 g/mol. The first-order valence-corrected chi connectivity index (χ1v) is 5.86. The Kier molecular flexibility index (Phi) is 22.9. The minimum absolute atomic E-state index is 0. The summed E-state index contributed by atoms with van der Waals surface area (Å²) in [6, 6.07) is 7.28. The second kappa shape index (κ2) is 17.5. The number of carbonyl (C=O) groups excluding carboxylic acids is 1. The molecule has 0 aliphatic heterocycles. The Morgan fingerprint density at radius 2 is 1.50 bits per heavy atom. The van der Waals surface area contributed by atoms with Crippen LogP contribution in [0.5, 0.6) is 0 Å². The van der Waals surface area contributed by atoms with Gasteiger partial charge in [-0.3, -0.25) is 0 Å². The molecule has 0 amide bonds. The van der Waals surface area contributed by atoms with E-state index in [4.69, 9.17) is 0 Å². The number of rotatable bonds is 3. The molecule has 0 saturated carbocycles. The molecule has 2 nitrogen and oxygen atoms in total. The number of nitrogens with zero attached hydrogens (tertiary/aromatic N) is 1. The van der Waals surface area contributed by atoms with Gasteiger partial charge in [-0.2, -0.15) is 17.7 Å². The predicted octanol–water partition coefficient (Wildman–Crippen LogP) is 0.0694. The third-order valence-electron chi connectivity index (χ3n) is 1.93. The fraction of sp³-hybridized carbons (Fsp3) is 0.400. The normalized spacial score (nSPS) is 8.17. The summed E-state index contributed by atoms with van der Waals surface area (Å²) in [6.45, 7) is 15.0. The Morgan fingerprint density at radius 3 is 1.72 bits per heavy atom. The minimum Gasteiger partial charge on any atom is -0.376 e. The zero-order valence-corrected chi connectivity index (χ0v) is 15.6. The Hall–Kier alpha value is 0.486. The molecule has 0 aromatic heterocycles. The fourth-order valence-corrected chi connectivity index (χ4v) is 0.733. The van der Waals surface area contributed by atoms with Crippen LogP contribution in [0, 0.1) is 20.8 Å². The van der Waals surface area contributed by atoms with E-state index in [1.54, 1.807) is 18.4 Å². The van der Waals surface area contributed by atoms with Gasteiger partial charge in [-0.1, -0.05) is 19.4 Å². The van der Waals surface area contributed by atoms with Crippen LogP contribution in [0.4, 0.5) is 0 Å². The van der Waals surface area contributed by atoms with Crippen LogP contribution in [0.3, 0.4) is 0 Å². The smallest absolute Gasteiger partial charge is 0.376 e. The molecule has 1 aromatic carbocycles. The molecule has 0 bridgehead atoms. The van der Waals surface area contributed by atoms with E-state index < -0.39 is 0 Å². The van der Waals surface area contributed by atoms with Crippen molar-refractivity contribution in [1.82, 2.24) is 4.90 Å². The van der Waals surface area contributed by atoms with Crippen LogP contribution in [-0.2, 0) is 4.79 Å². The summed E-state index contributed by atoms with van der Waals surface area (Å²) in [5.41, 5.74) is 1.77. The van der Waals surface area contributed by atoms with E-state index in [0.717, 1.165) is 18.7 Å². The Morgan fingerprint density at radius 1 is 1.11 bits per heavy atom. The van der Waals surface area contributed by atoms with Crippen molar-refractivity contribution in [1.29, 1.82) is 0 Å². The maximum atomic E-state index is 9.99. The summed E-state index contributed by atoms with van der Waals surface area (Å²) in [4.78, 5) is 12.0. The molecule has 0 N–H and O–H groups in total. The third kappa shape index (κ3) is 14.5. The number of hydrogen-bond acceptors (Lipinski definition) is 2.